The van der Waals surface area contributed by atoms with E-state index in [1.54, 1.807) is 4.68 Å². The number of ether oxygens (including phenoxy) is 1. The molecule has 0 spiro atoms. The molecule has 3 aromatic rings. The van der Waals surface area contributed by atoms with E-state index in [4.69, 9.17) is 33.0 Å². The summed E-state index contributed by atoms with van der Waals surface area (Å²) in [6.45, 7) is 3.33. The number of carbonyl (C=O) groups excluding carboxylic acids is 1. The van der Waals surface area contributed by atoms with Gasteiger partial charge < -0.3 is 15.0 Å². The third-order valence-electron chi connectivity index (χ3n) is 4.95. The fourth-order valence-corrected chi connectivity index (χ4v) is 3.70. The van der Waals surface area contributed by atoms with E-state index in [-0.39, 0.29) is 12.5 Å². The lowest BCUT2D eigenvalue weighted by Gasteiger charge is -2.27. The summed E-state index contributed by atoms with van der Waals surface area (Å²) >= 11 is 12.2. The van der Waals surface area contributed by atoms with Crippen LogP contribution in [0.2, 0.25) is 10.0 Å². The highest BCUT2D eigenvalue weighted by atomic mass is 35.5. The van der Waals surface area contributed by atoms with Crippen LogP contribution in [0, 0.1) is 0 Å². The normalized spacial score (nSPS) is 14.0. The van der Waals surface area contributed by atoms with Crippen molar-refractivity contribution in [2.75, 3.05) is 31.2 Å². The molecule has 0 atom stereocenters. The van der Waals surface area contributed by atoms with Gasteiger partial charge in [-0.1, -0.05) is 53.5 Å². The van der Waals surface area contributed by atoms with Crippen molar-refractivity contribution in [2.24, 2.45) is 0 Å². The maximum Gasteiger partial charge on any atom is 0.242 e. The summed E-state index contributed by atoms with van der Waals surface area (Å²) in [7, 11) is 0. The fourth-order valence-electron chi connectivity index (χ4n) is 3.37. The molecular weight excluding hydrogens is 423 g/mol. The lowest BCUT2D eigenvalue weighted by molar-refractivity contribution is -0.122. The second-order valence-electron chi connectivity index (χ2n) is 7.04. The summed E-state index contributed by atoms with van der Waals surface area (Å²) < 4.78 is 7.15. The number of benzene rings is 2. The highest BCUT2D eigenvalue weighted by Crippen LogP contribution is 2.31. The van der Waals surface area contributed by atoms with Gasteiger partial charge >= 0.3 is 0 Å². The number of anilines is 1. The topological polar surface area (TPSA) is 59.4 Å². The molecule has 0 saturated carbocycles. The van der Waals surface area contributed by atoms with Crippen molar-refractivity contribution < 1.29 is 9.53 Å². The molecule has 4 rings (SSSR count). The molecule has 1 aliphatic rings. The second kappa shape index (κ2) is 9.51. The minimum Gasteiger partial charge on any atom is -0.378 e. The predicted octanol–water partition coefficient (Wildman–Crippen LogP) is 4.01. The largest absolute Gasteiger partial charge is 0.378 e. The Morgan fingerprint density at radius 3 is 2.53 bits per heavy atom. The van der Waals surface area contributed by atoms with Gasteiger partial charge in [-0.2, -0.15) is 5.10 Å². The van der Waals surface area contributed by atoms with Crippen LogP contribution >= 0.6 is 23.2 Å². The molecule has 6 nitrogen and oxygen atoms in total. The smallest absolute Gasteiger partial charge is 0.242 e. The first-order chi connectivity index (χ1) is 14.6. The van der Waals surface area contributed by atoms with E-state index in [1.165, 1.54) is 0 Å². The van der Waals surface area contributed by atoms with Crippen molar-refractivity contribution in [1.29, 1.82) is 0 Å². The summed E-state index contributed by atoms with van der Waals surface area (Å²) in [5.41, 5.74) is 2.85. The monoisotopic (exact) mass is 444 g/mol. The number of nitrogens with zero attached hydrogens (tertiary/aromatic N) is 3. The third kappa shape index (κ3) is 4.95. The highest BCUT2D eigenvalue weighted by molar-refractivity contribution is 6.31. The molecule has 1 amide bonds. The van der Waals surface area contributed by atoms with Gasteiger partial charge in [-0.05, 0) is 29.3 Å². The zero-order chi connectivity index (χ0) is 20.9. The Balaban J connectivity index is 1.52. The molecule has 8 heteroatoms. The summed E-state index contributed by atoms with van der Waals surface area (Å²) in [6, 6.07) is 15.1. The Morgan fingerprint density at radius 2 is 1.80 bits per heavy atom. The van der Waals surface area contributed by atoms with Gasteiger partial charge in [0.1, 0.15) is 6.54 Å². The average molecular weight is 445 g/mol. The predicted molar refractivity (Wildman–Crippen MR) is 119 cm³/mol. The molecule has 1 N–H and O–H groups in total. The molecule has 1 fully saturated rings. The van der Waals surface area contributed by atoms with Crippen molar-refractivity contribution in [3.8, 4) is 11.1 Å². The molecule has 1 aromatic heterocycles. The summed E-state index contributed by atoms with van der Waals surface area (Å²) in [5.74, 6) is 0.716. The van der Waals surface area contributed by atoms with E-state index in [9.17, 15) is 4.79 Å². The summed E-state index contributed by atoms with van der Waals surface area (Å²) in [5, 5.41) is 8.94. The van der Waals surface area contributed by atoms with Gasteiger partial charge in [0, 0.05) is 41.4 Å². The fraction of sp³-hybridized carbons (Fsp3) is 0.273. The van der Waals surface area contributed by atoms with Gasteiger partial charge in [0.15, 0.2) is 5.82 Å². The third-order valence-corrected chi connectivity index (χ3v) is 5.57. The number of amides is 1. The van der Waals surface area contributed by atoms with Crippen LogP contribution in [0.3, 0.4) is 0 Å². The number of aromatic nitrogens is 2. The zero-order valence-electron chi connectivity index (χ0n) is 16.4. The van der Waals surface area contributed by atoms with Gasteiger partial charge in [-0.25, -0.2) is 0 Å². The second-order valence-corrected chi connectivity index (χ2v) is 7.88. The lowest BCUT2D eigenvalue weighted by Crippen LogP contribution is -2.37. The van der Waals surface area contributed by atoms with Crippen LogP contribution < -0.4 is 10.2 Å². The van der Waals surface area contributed by atoms with Gasteiger partial charge in [-0.3, -0.25) is 9.48 Å². The van der Waals surface area contributed by atoms with Crippen LogP contribution in [0.4, 0.5) is 5.82 Å². The number of carbonyl (C=O) groups is 1. The molecule has 0 radical (unpaired) electrons. The van der Waals surface area contributed by atoms with Gasteiger partial charge in [0.25, 0.3) is 0 Å². The van der Waals surface area contributed by atoms with Crippen LogP contribution in [0.25, 0.3) is 11.1 Å². The van der Waals surface area contributed by atoms with E-state index >= 15 is 0 Å². The molecular formula is C22H22Cl2N4O2. The zero-order valence-corrected chi connectivity index (χ0v) is 17.9. The Labute approximate surface area is 185 Å². The quantitative estimate of drug-likeness (QED) is 0.623. The molecule has 30 heavy (non-hydrogen) atoms. The lowest BCUT2D eigenvalue weighted by atomic mass is 10.1. The average Bonchev–Trinajstić information content (AvgIpc) is 3.18. The molecule has 1 aliphatic heterocycles. The molecule has 2 heterocycles. The van der Waals surface area contributed by atoms with Gasteiger partial charge in [0.05, 0.1) is 13.2 Å². The number of hydrogen-bond acceptors (Lipinski definition) is 4. The Hall–Kier alpha value is -2.54. The van der Waals surface area contributed by atoms with E-state index in [1.807, 2.05) is 54.7 Å². The Bertz CT molecular complexity index is 1010. The molecule has 156 valence electrons. The van der Waals surface area contributed by atoms with E-state index in [0.29, 0.717) is 29.8 Å². The van der Waals surface area contributed by atoms with E-state index in [2.05, 4.69) is 10.2 Å². The van der Waals surface area contributed by atoms with E-state index in [0.717, 1.165) is 35.6 Å². The molecule has 2 aromatic carbocycles. The standard InChI is InChI=1S/C22H22Cl2N4O2/c23-18-7-5-16(6-8-18)19-14-28(26-22(19)27-9-11-30-12-10-27)15-21(29)25-13-17-3-1-2-4-20(17)24/h1-8,14H,9-13,15H2,(H,25,29). The first kappa shape index (κ1) is 20.7. The number of hydrogen-bond donors (Lipinski definition) is 1. The molecule has 0 bridgehead atoms. The first-order valence-electron chi connectivity index (χ1n) is 9.76. The highest BCUT2D eigenvalue weighted by Gasteiger charge is 2.20. The number of nitrogens with one attached hydrogen (secondary N) is 1. The van der Waals surface area contributed by atoms with Crippen LogP contribution in [-0.2, 0) is 22.6 Å². The Morgan fingerprint density at radius 1 is 1.07 bits per heavy atom. The molecule has 1 saturated heterocycles. The number of halogens is 2. The number of rotatable bonds is 6. The van der Waals surface area contributed by atoms with Crippen LogP contribution in [0.1, 0.15) is 5.56 Å². The maximum absolute atomic E-state index is 12.5. The summed E-state index contributed by atoms with van der Waals surface area (Å²) in [6.07, 6.45) is 1.91. The minimum atomic E-state index is -0.131. The first-order valence-corrected chi connectivity index (χ1v) is 10.5. The van der Waals surface area contributed by atoms with E-state index < -0.39 is 0 Å². The van der Waals surface area contributed by atoms with Crippen LogP contribution in [-0.4, -0.2) is 42.0 Å². The van der Waals surface area contributed by atoms with Crippen molar-refractivity contribution >= 4 is 34.9 Å². The SMILES string of the molecule is O=C(Cn1cc(-c2ccc(Cl)cc2)c(N2CCOCC2)n1)NCc1ccccc1Cl. The summed E-state index contributed by atoms with van der Waals surface area (Å²) in [4.78, 5) is 14.7. The van der Waals surface area contributed by atoms with Crippen LogP contribution in [0.15, 0.2) is 54.7 Å². The van der Waals surface area contributed by atoms with Crippen molar-refractivity contribution in [3.05, 3.63) is 70.3 Å². The number of morpholine rings is 1. The van der Waals surface area contributed by atoms with Crippen molar-refractivity contribution in [1.82, 2.24) is 15.1 Å². The maximum atomic E-state index is 12.5. The molecule has 0 unspecified atom stereocenters. The minimum absolute atomic E-state index is 0.120. The van der Waals surface area contributed by atoms with Gasteiger partial charge in [-0.15, -0.1) is 0 Å². The van der Waals surface area contributed by atoms with Crippen LogP contribution in [0.5, 0.6) is 0 Å². The van der Waals surface area contributed by atoms with Crippen molar-refractivity contribution in [2.45, 2.75) is 13.1 Å². The Kier molecular flexibility index (Phi) is 6.57. The molecule has 0 aliphatic carbocycles. The van der Waals surface area contributed by atoms with Gasteiger partial charge in [0.2, 0.25) is 5.91 Å². The van der Waals surface area contributed by atoms with Crippen molar-refractivity contribution in [3.63, 3.8) is 0 Å².